The summed E-state index contributed by atoms with van der Waals surface area (Å²) in [5.41, 5.74) is 0. The van der Waals surface area contributed by atoms with Crippen molar-refractivity contribution in [3.8, 4) is 0 Å². The Labute approximate surface area is 75.2 Å². The number of hydrogen-bond acceptors (Lipinski definition) is 5. The minimum Gasteiger partial charge on any atom is -0.455 e. The average molecular weight is 195 g/mol. The van der Waals surface area contributed by atoms with Crippen molar-refractivity contribution in [3.63, 3.8) is 0 Å². The van der Waals surface area contributed by atoms with E-state index < -0.39 is 0 Å². The van der Waals surface area contributed by atoms with Crippen molar-refractivity contribution in [1.29, 1.82) is 0 Å². The van der Waals surface area contributed by atoms with E-state index >= 15 is 0 Å². The van der Waals surface area contributed by atoms with E-state index in [4.69, 9.17) is 4.74 Å². The Kier molecular flexibility index (Phi) is 6.90. The van der Waals surface area contributed by atoms with Crippen molar-refractivity contribution in [1.82, 2.24) is 0 Å². The number of ether oxygens (including phenoxy) is 2. The fourth-order valence-corrected chi connectivity index (χ4v) is 1.58. The van der Waals surface area contributed by atoms with Gasteiger partial charge in [-0.3, -0.25) is 4.79 Å². The van der Waals surface area contributed by atoms with Gasteiger partial charge in [0.1, 0.15) is 5.94 Å². The monoisotopic (exact) mass is 195 g/mol. The van der Waals surface area contributed by atoms with Crippen LogP contribution in [0.2, 0.25) is 0 Å². The summed E-state index contributed by atoms with van der Waals surface area (Å²) in [5, 5.41) is 0. The Balaban J connectivity index is 3.28. The van der Waals surface area contributed by atoms with Gasteiger partial charge in [-0.15, -0.1) is 11.8 Å². The lowest BCUT2D eigenvalue weighted by molar-refractivity contribution is -0.138. The van der Waals surface area contributed by atoms with Crippen molar-refractivity contribution in [2.45, 2.75) is 6.92 Å². The standard InChI is InChI=1S/C6H11O3S2/c1-5(7)9-4-11-6(8-2)10-3/h4H2,1-3H3. The van der Waals surface area contributed by atoms with Crippen LogP contribution in [-0.4, -0.2) is 25.3 Å². The van der Waals surface area contributed by atoms with Crippen LogP contribution in [0.25, 0.3) is 0 Å². The van der Waals surface area contributed by atoms with Gasteiger partial charge in [0.2, 0.25) is 4.77 Å². The molecule has 11 heavy (non-hydrogen) atoms. The van der Waals surface area contributed by atoms with Crippen LogP contribution in [0.4, 0.5) is 0 Å². The van der Waals surface area contributed by atoms with E-state index in [0.29, 0.717) is 5.94 Å². The summed E-state index contributed by atoms with van der Waals surface area (Å²) in [6.07, 6.45) is 1.90. The molecule has 0 unspecified atom stereocenters. The highest BCUT2D eigenvalue weighted by molar-refractivity contribution is 8.20. The quantitative estimate of drug-likeness (QED) is 0.493. The summed E-state index contributed by atoms with van der Waals surface area (Å²) in [6.45, 7) is 1.38. The number of carbonyl (C=O) groups is 1. The summed E-state index contributed by atoms with van der Waals surface area (Å²) in [5.74, 6) is 0.0494. The molecule has 65 valence electrons. The van der Waals surface area contributed by atoms with Crippen LogP contribution in [0.5, 0.6) is 0 Å². The van der Waals surface area contributed by atoms with Crippen molar-refractivity contribution in [2.75, 3.05) is 19.3 Å². The van der Waals surface area contributed by atoms with E-state index in [1.165, 1.54) is 30.4 Å². The molecule has 0 aliphatic carbocycles. The molecule has 0 saturated carbocycles. The van der Waals surface area contributed by atoms with Gasteiger partial charge < -0.3 is 9.47 Å². The highest BCUT2D eigenvalue weighted by Gasteiger charge is 2.07. The third kappa shape index (κ3) is 6.52. The summed E-state index contributed by atoms with van der Waals surface area (Å²) in [7, 11) is 1.59. The predicted molar refractivity (Wildman–Crippen MR) is 48.0 cm³/mol. The number of carbonyl (C=O) groups excluding carboxylic acids is 1. The first kappa shape index (κ1) is 11.1. The zero-order valence-electron chi connectivity index (χ0n) is 6.75. The summed E-state index contributed by atoms with van der Waals surface area (Å²) in [6, 6.07) is 0. The van der Waals surface area contributed by atoms with Crippen molar-refractivity contribution >= 4 is 29.5 Å². The Morgan fingerprint density at radius 2 is 2.18 bits per heavy atom. The van der Waals surface area contributed by atoms with Crippen LogP contribution in [0.1, 0.15) is 6.92 Å². The van der Waals surface area contributed by atoms with Gasteiger partial charge in [-0.2, -0.15) is 0 Å². The minimum atomic E-state index is -0.269. The zero-order valence-corrected chi connectivity index (χ0v) is 8.38. The molecule has 0 rings (SSSR count). The third-order valence-corrected chi connectivity index (χ3v) is 2.76. The lowest BCUT2D eigenvalue weighted by atomic mass is 10.8. The van der Waals surface area contributed by atoms with E-state index in [2.05, 4.69) is 4.74 Å². The molecule has 0 aromatic heterocycles. The molecule has 0 spiro atoms. The fourth-order valence-electron chi connectivity index (χ4n) is 0.362. The Morgan fingerprint density at radius 1 is 1.55 bits per heavy atom. The van der Waals surface area contributed by atoms with Crippen molar-refractivity contribution in [2.24, 2.45) is 0 Å². The van der Waals surface area contributed by atoms with Gasteiger partial charge in [0.15, 0.2) is 0 Å². The predicted octanol–water partition coefficient (Wildman–Crippen LogP) is 1.70. The van der Waals surface area contributed by atoms with Gasteiger partial charge in [0.25, 0.3) is 0 Å². The maximum atomic E-state index is 10.3. The van der Waals surface area contributed by atoms with Gasteiger partial charge in [0, 0.05) is 14.0 Å². The molecule has 0 aliphatic heterocycles. The second-order valence-corrected chi connectivity index (χ2v) is 3.49. The molecule has 0 bridgehead atoms. The van der Waals surface area contributed by atoms with Gasteiger partial charge in [-0.1, -0.05) is 11.8 Å². The Morgan fingerprint density at radius 3 is 2.55 bits per heavy atom. The van der Waals surface area contributed by atoms with Gasteiger partial charge in [0.05, 0.1) is 0 Å². The molecule has 0 N–H and O–H groups in total. The lowest BCUT2D eigenvalue weighted by Gasteiger charge is -2.08. The molecule has 5 heteroatoms. The molecule has 1 radical (unpaired) electrons. The Hall–Kier alpha value is 0.130. The fraction of sp³-hybridized carbons (Fsp3) is 0.667. The maximum absolute atomic E-state index is 10.3. The highest BCUT2D eigenvalue weighted by atomic mass is 32.2. The molecule has 0 saturated heterocycles. The van der Waals surface area contributed by atoms with Crippen LogP contribution in [0, 0.1) is 4.77 Å². The summed E-state index contributed by atoms with van der Waals surface area (Å²) < 4.78 is 10.4. The van der Waals surface area contributed by atoms with E-state index in [0.717, 1.165) is 4.77 Å². The number of thioether (sulfide) groups is 2. The molecule has 0 fully saturated rings. The molecule has 0 amide bonds. The second-order valence-electron chi connectivity index (χ2n) is 1.56. The van der Waals surface area contributed by atoms with E-state index in [1.807, 2.05) is 6.26 Å². The van der Waals surface area contributed by atoms with Crippen LogP contribution in [-0.2, 0) is 14.3 Å². The van der Waals surface area contributed by atoms with E-state index in [1.54, 1.807) is 7.11 Å². The van der Waals surface area contributed by atoms with Gasteiger partial charge in [-0.05, 0) is 6.26 Å². The van der Waals surface area contributed by atoms with Crippen molar-refractivity contribution in [3.05, 3.63) is 4.77 Å². The third-order valence-electron chi connectivity index (χ3n) is 0.772. The van der Waals surface area contributed by atoms with E-state index in [9.17, 15) is 4.79 Å². The van der Waals surface area contributed by atoms with E-state index in [-0.39, 0.29) is 5.97 Å². The SMILES string of the molecule is CO[C](SC)SCOC(C)=O. The summed E-state index contributed by atoms with van der Waals surface area (Å²) >= 11 is 2.85. The maximum Gasteiger partial charge on any atom is 0.303 e. The highest BCUT2D eigenvalue weighted by Crippen LogP contribution is 2.29. The molecule has 0 aromatic rings. The zero-order chi connectivity index (χ0) is 8.69. The summed E-state index contributed by atoms with van der Waals surface area (Å²) in [4.78, 5) is 10.3. The second kappa shape index (κ2) is 6.82. The van der Waals surface area contributed by atoms with Crippen LogP contribution < -0.4 is 0 Å². The smallest absolute Gasteiger partial charge is 0.303 e. The topological polar surface area (TPSA) is 35.5 Å². The Bertz CT molecular complexity index is 114. The molecule has 0 aliphatic rings. The first-order chi connectivity index (χ1) is 5.20. The normalized spacial score (nSPS) is 10.2. The van der Waals surface area contributed by atoms with Gasteiger partial charge >= 0.3 is 5.97 Å². The largest absolute Gasteiger partial charge is 0.455 e. The first-order valence-electron chi connectivity index (χ1n) is 2.91. The average Bonchev–Trinajstić information content (AvgIpc) is 1.98. The number of rotatable bonds is 5. The van der Waals surface area contributed by atoms with Crippen molar-refractivity contribution < 1.29 is 14.3 Å². The number of esters is 1. The molecule has 0 atom stereocenters. The number of hydrogen-bond donors (Lipinski definition) is 0. The number of methoxy groups -OCH3 is 1. The van der Waals surface area contributed by atoms with Crippen LogP contribution in [0.3, 0.4) is 0 Å². The molecular weight excluding hydrogens is 184 g/mol. The minimum absolute atomic E-state index is 0.269. The molecular formula is C6H11O3S2. The lowest BCUT2D eigenvalue weighted by Crippen LogP contribution is -1.99. The van der Waals surface area contributed by atoms with Crippen LogP contribution in [0.15, 0.2) is 0 Å². The van der Waals surface area contributed by atoms with Gasteiger partial charge in [-0.25, -0.2) is 0 Å². The van der Waals surface area contributed by atoms with Crippen LogP contribution >= 0.6 is 23.5 Å². The molecule has 0 heterocycles. The first-order valence-corrected chi connectivity index (χ1v) is 5.12. The molecule has 3 nitrogen and oxygen atoms in total. The molecule has 0 aromatic carbocycles.